The number of rotatable bonds is 10. The molecular weight excluding hydrogens is 426 g/mol. The zero-order valence-electron chi connectivity index (χ0n) is 18.6. The summed E-state index contributed by atoms with van der Waals surface area (Å²) in [7, 11) is 1.56. The Morgan fingerprint density at radius 2 is 1.91 bits per heavy atom. The minimum absolute atomic E-state index is 0.131. The highest BCUT2D eigenvalue weighted by Crippen LogP contribution is 2.26. The van der Waals surface area contributed by atoms with Crippen LogP contribution in [0.5, 0.6) is 0 Å². The number of amides is 3. The number of hydrogen-bond donors (Lipinski definition) is 2. The molecule has 1 aromatic heterocycles. The van der Waals surface area contributed by atoms with Gasteiger partial charge in [0.15, 0.2) is 0 Å². The second kappa shape index (κ2) is 11.8. The van der Waals surface area contributed by atoms with Crippen molar-refractivity contribution in [3.8, 4) is 0 Å². The van der Waals surface area contributed by atoms with Crippen LogP contribution in [0.15, 0.2) is 41.8 Å². The van der Waals surface area contributed by atoms with Crippen molar-refractivity contribution in [2.24, 2.45) is 0 Å². The van der Waals surface area contributed by atoms with E-state index in [0.29, 0.717) is 4.88 Å². The van der Waals surface area contributed by atoms with Crippen molar-refractivity contribution in [1.29, 1.82) is 0 Å². The lowest BCUT2D eigenvalue weighted by atomic mass is 9.98. The fourth-order valence-electron chi connectivity index (χ4n) is 4.03. The number of benzene rings is 1. The molecule has 8 heteroatoms. The number of nitrogens with one attached hydrogen (secondary N) is 2. The first-order valence-corrected chi connectivity index (χ1v) is 11.8. The van der Waals surface area contributed by atoms with E-state index >= 15 is 0 Å². The molecule has 2 aromatic rings. The summed E-state index contributed by atoms with van der Waals surface area (Å²) in [6.45, 7) is 2.26. The molecule has 0 aliphatic heterocycles. The molecule has 0 spiro atoms. The number of hydrogen-bond acceptors (Lipinski definition) is 5. The van der Waals surface area contributed by atoms with Gasteiger partial charge in [-0.1, -0.05) is 43.2 Å². The normalized spacial score (nSPS) is 14.7. The van der Waals surface area contributed by atoms with Crippen LogP contribution in [0.1, 0.15) is 52.5 Å². The first kappa shape index (κ1) is 23.9. The van der Waals surface area contributed by atoms with Crippen LogP contribution in [0.2, 0.25) is 0 Å². The summed E-state index contributed by atoms with van der Waals surface area (Å²) in [6, 6.07) is 10.4. The fraction of sp³-hybridized carbons (Fsp3) is 0.458. The van der Waals surface area contributed by atoms with Crippen molar-refractivity contribution in [2.45, 2.75) is 44.7 Å². The SMILES string of the molecule is COCCN(C(=O)CNC(=O)c1cccs1)[C@H](C(=O)NC1CCCC1)c1ccccc1C. The Bertz CT molecular complexity index is 910. The molecule has 3 rings (SSSR count). The Morgan fingerprint density at radius 3 is 2.56 bits per heavy atom. The number of carbonyl (C=O) groups excluding carboxylic acids is 3. The lowest BCUT2D eigenvalue weighted by molar-refractivity contribution is -0.141. The second-order valence-corrected chi connectivity index (χ2v) is 8.94. The molecular formula is C24H31N3O4S. The Morgan fingerprint density at radius 1 is 1.16 bits per heavy atom. The van der Waals surface area contributed by atoms with Gasteiger partial charge in [0, 0.05) is 19.7 Å². The number of carbonyl (C=O) groups is 3. The highest BCUT2D eigenvalue weighted by Gasteiger charge is 2.33. The van der Waals surface area contributed by atoms with Crippen molar-refractivity contribution in [1.82, 2.24) is 15.5 Å². The third kappa shape index (κ3) is 6.17. The summed E-state index contributed by atoms with van der Waals surface area (Å²) >= 11 is 1.31. The van der Waals surface area contributed by atoms with Gasteiger partial charge in [0.1, 0.15) is 6.04 Å². The Hall–Kier alpha value is -2.71. The molecule has 0 radical (unpaired) electrons. The molecule has 1 saturated carbocycles. The zero-order chi connectivity index (χ0) is 22.9. The zero-order valence-corrected chi connectivity index (χ0v) is 19.5. The van der Waals surface area contributed by atoms with Gasteiger partial charge >= 0.3 is 0 Å². The number of ether oxygens (including phenoxy) is 1. The Balaban J connectivity index is 1.83. The van der Waals surface area contributed by atoms with Gasteiger partial charge in [0.2, 0.25) is 11.8 Å². The molecule has 7 nitrogen and oxygen atoms in total. The average Bonchev–Trinajstić information content (AvgIpc) is 3.50. The van der Waals surface area contributed by atoms with Gasteiger partial charge in [-0.15, -0.1) is 11.3 Å². The van der Waals surface area contributed by atoms with Crippen molar-refractivity contribution in [3.05, 3.63) is 57.8 Å². The van der Waals surface area contributed by atoms with Crippen molar-refractivity contribution in [2.75, 3.05) is 26.8 Å². The summed E-state index contributed by atoms with van der Waals surface area (Å²) in [5.41, 5.74) is 1.70. The maximum absolute atomic E-state index is 13.5. The van der Waals surface area contributed by atoms with E-state index in [2.05, 4.69) is 10.6 Å². The summed E-state index contributed by atoms with van der Waals surface area (Å²) in [5, 5.41) is 7.64. The Kier molecular flexibility index (Phi) is 8.81. The molecule has 1 atom stereocenters. The molecule has 1 aromatic carbocycles. The molecule has 2 N–H and O–H groups in total. The van der Waals surface area contributed by atoms with Gasteiger partial charge in [-0.3, -0.25) is 14.4 Å². The smallest absolute Gasteiger partial charge is 0.261 e. The molecule has 172 valence electrons. The van der Waals surface area contributed by atoms with E-state index in [9.17, 15) is 14.4 Å². The van der Waals surface area contributed by atoms with Crippen molar-refractivity contribution >= 4 is 29.1 Å². The molecule has 32 heavy (non-hydrogen) atoms. The van der Waals surface area contributed by atoms with E-state index in [1.807, 2.05) is 36.6 Å². The average molecular weight is 458 g/mol. The molecule has 1 aliphatic carbocycles. The molecule has 0 unspecified atom stereocenters. The number of aryl methyl sites for hydroxylation is 1. The monoisotopic (exact) mass is 457 g/mol. The predicted octanol–water partition coefficient (Wildman–Crippen LogP) is 3.06. The van der Waals surface area contributed by atoms with Crippen LogP contribution in [0.4, 0.5) is 0 Å². The third-order valence-electron chi connectivity index (χ3n) is 5.75. The fourth-order valence-corrected chi connectivity index (χ4v) is 4.67. The standard InChI is InChI=1S/C24H31N3O4S/c1-17-8-3-6-11-19(17)22(24(30)26-18-9-4-5-10-18)27(13-14-31-2)21(28)16-25-23(29)20-12-7-15-32-20/h3,6-8,11-12,15,18,22H,4-5,9-10,13-14,16H2,1-2H3,(H,25,29)(H,26,30)/t22-/m0/s1. The van der Waals surface area contributed by atoms with Gasteiger partial charge in [0.05, 0.1) is 18.0 Å². The maximum atomic E-state index is 13.5. The van der Waals surface area contributed by atoms with Crippen LogP contribution in [-0.2, 0) is 14.3 Å². The highest BCUT2D eigenvalue weighted by molar-refractivity contribution is 7.12. The lowest BCUT2D eigenvalue weighted by Gasteiger charge is -2.33. The van der Waals surface area contributed by atoms with E-state index in [1.54, 1.807) is 19.2 Å². The van der Waals surface area contributed by atoms with Crippen LogP contribution in [-0.4, -0.2) is 55.5 Å². The maximum Gasteiger partial charge on any atom is 0.261 e. The minimum Gasteiger partial charge on any atom is -0.383 e. The summed E-state index contributed by atoms with van der Waals surface area (Å²) in [4.78, 5) is 41.1. The molecule has 1 fully saturated rings. The minimum atomic E-state index is -0.793. The second-order valence-electron chi connectivity index (χ2n) is 7.99. The van der Waals surface area contributed by atoms with Crippen LogP contribution < -0.4 is 10.6 Å². The van der Waals surface area contributed by atoms with Gasteiger partial charge in [-0.2, -0.15) is 0 Å². The summed E-state index contributed by atoms with van der Waals surface area (Å²) in [5.74, 6) is -0.829. The van der Waals surface area contributed by atoms with E-state index in [-0.39, 0.29) is 43.5 Å². The van der Waals surface area contributed by atoms with Crippen LogP contribution in [0.25, 0.3) is 0 Å². The van der Waals surface area contributed by atoms with E-state index in [4.69, 9.17) is 4.74 Å². The van der Waals surface area contributed by atoms with Gasteiger partial charge in [0.25, 0.3) is 5.91 Å². The number of methoxy groups -OCH3 is 1. The molecule has 1 heterocycles. The van der Waals surface area contributed by atoms with Crippen molar-refractivity contribution < 1.29 is 19.1 Å². The quantitative estimate of drug-likeness (QED) is 0.574. The lowest BCUT2D eigenvalue weighted by Crippen LogP contribution is -2.50. The van der Waals surface area contributed by atoms with E-state index < -0.39 is 6.04 Å². The summed E-state index contributed by atoms with van der Waals surface area (Å²) < 4.78 is 5.23. The number of nitrogens with zero attached hydrogens (tertiary/aromatic N) is 1. The topological polar surface area (TPSA) is 87.7 Å². The Labute approximate surface area is 193 Å². The molecule has 1 aliphatic rings. The van der Waals surface area contributed by atoms with Gasteiger partial charge in [-0.05, 0) is 42.3 Å². The number of thiophene rings is 1. The first-order valence-electron chi connectivity index (χ1n) is 11.0. The summed E-state index contributed by atoms with van der Waals surface area (Å²) in [6.07, 6.45) is 4.10. The molecule has 0 bridgehead atoms. The van der Waals surface area contributed by atoms with E-state index in [0.717, 1.165) is 36.8 Å². The van der Waals surface area contributed by atoms with E-state index in [1.165, 1.54) is 16.2 Å². The largest absolute Gasteiger partial charge is 0.383 e. The first-order chi connectivity index (χ1) is 15.5. The third-order valence-corrected chi connectivity index (χ3v) is 6.62. The van der Waals surface area contributed by atoms with Crippen LogP contribution in [0.3, 0.4) is 0 Å². The van der Waals surface area contributed by atoms with Crippen LogP contribution in [0, 0.1) is 6.92 Å². The van der Waals surface area contributed by atoms with Crippen LogP contribution >= 0.6 is 11.3 Å². The molecule has 0 saturated heterocycles. The predicted molar refractivity (Wildman–Crippen MR) is 125 cm³/mol. The molecule has 3 amide bonds. The van der Waals surface area contributed by atoms with Gasteiger partial charge in [-0.25, -0.2) is 0 Å². The van der Waals surface area contributed by atoms with Gasteiger partial charge < -0.3 is 20.3 Å². The van der Waals surface area contributed by atoms with Crippen molar-refractivity contribution in [3.63, 3.8) is 0 Å². The highest BCUT2D eigenvalue weighted by atomic mass is 32.1.